The molecule has 1 saturated heterocycles. The Kier molecular flexibility index (Phi) is 8.71. The fourth-order valence-electron chi connectivity index (χ4n) is 5.03. The van der Waals surface area contributed by atoms with Crippen LogP contribution in [0.5, 0.6) is 0 Å². The van der Waals surface area contributed by atoms with E-state index in [9.17, 15) is 9.59 Å². The van der Waals surface area contributed by atoms with Gasteiger partial charge in [-0.15, -0.1) is 0 Å². The van der Waals surface area contributed by atoms with Gasteiger partial charge in [0.25, 0.3) is 0 Å². The van der Waals surface area contributed by atoms with Gasteiger partial charge in [-0.25, -0.2) is 10.4 Å². The molecule has 1 unspecified atom stereocenters. The Morgan fingerprint density at radius 1 is 1.15 bits per heavy atom. The van der Waals surface area contributed by atoms with Gasteiger partial charge in [0.05, 0.1) is 19.1 Å². The Labute approximate surface area is 230 Å². The van der Waals surface area contributed by atoms with Crippen LogP contribution < -0.4 is 21.5 Å². The van der Waals surface area contributed by atoms with Gasteiger partial charge in [-0.05, 0) is 54.0 Å². The summed E-state index contributed by atoms with van der Waals surface area (Å²) in [5, 5.41) is 5.95. The molecule has 2 fully saturated rings. The molecule has 2 amide bonds. The molecule has 3 heterocycles. The zero-order valence-corrected chi connectivity index (χ0v) is 22.7. The number of allylic oxidation sites excluding steroid dienone is 1. The number of hydrazine groups is 1. The number of pyridine rings is 1. The summed E-state index contributed by atoms with van der Waals surface area (Å²) in [5.74, 6) is 0.707. The lowest BCUT2D eigenvalue weighted by Gasteiger charge is -2.24. The van der Waals surface area contributed by atoms with E-state index < -0.39 is 0 Å². The molecule has 206 valence electrons. The van der Waals surface area contributed by atoms with Gasteiger partial charge in [-0.1, -0.05) is 44.2 Å². The van der Waals surface area contributed by atoms with Crippen molar-refractivity contribution in [3.05, 3.63) is 72.1 Å². The smallest absolute Gasteiger partial charge is 0.249 e. The molecule has 0 bridgehead atoms. The summed E-state index contributed by atoms with van der Waals surface area (Å²) in [6.45, 7) is 8.09. The monoisotopic (exact) mass is 530 g/mol. The number of hydrogen-bond donors (Lipinski definition) is 4. The lowest BCUT2D eigenvalue weighted by molar-refractivity contribution is -0.124. The van der Waals surface area contributed by atoms with Gasteiger partial charge in [0.15, 0.2) is 0 Å². The van der Waals surface area contributed by atoms with E-state index in [-0.39, 0.29) is 29.8 Å². The molecule has 2 atom stereocenters. The first kappa shape index (κ1) is 27.1. The van der Waals surface area contributed by atoms with E-state index in [1.807, 2.05) is 30.3 Å². The molecule has 9 nitrogen and oxygen atoms in total. The van der Waals surface area contributed by atoms with Crippen LogP contribution in [0.15, 0.2) is 66.5 Å². The molecule has 39 heavy (non-hydrogen) atoms. The molecule has 5 rings (SSSR count). The number of carbonyl (C=O) groups is 2. The van der Waals surface area contributed by atoms with Crippen molar-refractivity contribution in [2.45, 2.75) is 38.8 Å². The van der Waals surface area contributed by atoms with Gasteiger partial charge in [0.2, 0.25) is 11.8 Å². The highest BCUT2D eigenvalue weighted by atomic mass is 16.5. The summed E-state index contributed by atoms with van der Waals surface area (Å²) in [4.78, 5) is 32.3. The van der Waals surface area contributed by atoms with Crippen LogP contribution in [0.2, 0.25) is 0 Å². The molecular weight excluding hydrogens is 492 g/mol. The number of carbonyl (C=O) groups excluding carboxylic acids is 2. The van der Waals surface area contributed by atoms with Crippen molar-refractivity contribution in [1.29, 1.82) is 0 Å². The summed E-state index contributed by atoms with van der Waals surface area (Å²) in [7, 11) is 0. The summed E-state index contributed by atoms with van der Waals surface area (Å²) in [6, 6.07) is 11.8. The Balaban J connectivity index is 1.20. The van der Waals surface area contributed by atoms with Gasteiger partial charge < -0.3 is 20.8 Å². The van der Waals surface area contributed by atoms with Gasteiger partial charge in [0.1, 0.15) is 12.0 Å². The molecule has 9 heteroatoms. The lowest BCUT2D eigenvalue weighted by Crippen LogP contribution is -2.47. The van der Waals surface area contributed by atoms with Gasteiger partial charge in [0, 0.05) is 43.2 Å². The van der Waals surface area contributed by atoms with E-state index in [2.05, 4.69) is 57.4 Å². The molecule has 0 spiro atoms. The summed E-state index contributed by atoms with van der Waals surface area (Å²) >= 11 is 0. The number of nitrogens with zero attached hydrogens (tertiary/aromatic N) is 2. The van der Waals surface area contributed by atoms with Crippen molar-refractivity contribution in [1.82, 2.24) is 26.1 Å². The predicted molar refractivity (Wildman–Crippen MR) is 151 cm³/mol. The van der Waals surface area contributed by atoms with Gasteiger partial charge in [-0.3, -0.25) is 14.5 Å². The quantitative estimate of drug-likeness (QED) is 0.350. The third-order valence-electron chi connectivity index (χ3n) is 7.31. The Hall–Kier alpha value is -3.53. The maximum absolute atomic E-state index is 13.3. The second-order valence-electron chi connectivity index (χ2n) is 10.7. The minimum Gasteiger partial charge on any atom is -0.379 e. The molecule has 1 aromatic carbocycles. The van der Waals surface area contributed by atoms with E-state index >= 15 is 0 Å². The van der Waals surface area contributed by atoms with Crippen LogP contribution in [0, 0.1) is 11.8 Å². The van der Waals surface area contributed by atoms with Crippen molar-refractivity contribution < 1.29 is 14.3 Å². The number of anilines is 1. The zero-order valence-electron chi connectivity index (χ0n) is 22.7. The van der Waals surface area contributed by atoms with Crippen LogP contribution in [0.3, 0.4) is 0 Å². The van der Waals surface area contributed by atoms with E-state index in [0.717, 1.165) is 49.5 Å². The van der Waals surface area contributed by atoms with Crippen LogP contribution in [0.25, 0.3) is 11.1 Å². The number of nitrogens with one attached hydrogen (secondary N) is 4. The SMILES string of the molecule is CC(C)[C@H](C(=O)NC1C=C(C2CC2)NN1)c1cccc(-c2ccc(NC(=O)/C=C/CN3CCOCC3)nc2)c1. The normalized spacial score (nSPS) is 20.5. The van der Waals surface area contributed by atoms with Crippen molar-refractivity contribution in [3.63, 3.8) is 0 Å². The van der Waals surface area contributed by atoms with Crippen LogP contribution in [0.4, 0.5) is 5.82 Å². The molecule has 4 N–H and O–H groups in total. The number of aromatic nitrogens is 1. The fourth-order valence-corrected chi connectivity index (χ4v) is 5.03. The van der Waals surface area contributed by atoms with E-state index in [4.69, 9.17) is 4.74 Å². The fraction of sp³-hybridized carbons (Fsp3) is 0.433. The molecule has 1 aromatic heterocycles. The third kappa shape index (κ3) is 7.32. The largest absolute Gasteiger partial charge is 0.379 e. The van der Waals surface area contributed by atoms with E-state index in [1.54, 1.807) is 18.3 Å². The lowest BCUT2D eigenvalue weighted by atomic mass is 9.86. The maximum atomic E-state index is 13.3. The highest BCUT2D eigenvalue weighted by molar-refractivity contribution is 5.98. The Morgan fingerprint density at radius 2 is 1.97 bits per heavy atom. The highest BCUT2D eigenvalue weighted by Crippen LogP contribution is 2.36. The van der Waals surface area contributed by atoms with Crippen LogP contribution in [-0.2, 0) is 14.3 Å². The van der Waals surface area contributed by atoms with Crippen molar-refractivity contribution in [2.75, 3.05) is 38.2 Å². The highest BCUT2D eigenvalue weighted by Gasteiger charge is 2.32. The van der Waals surface area contributed by atoms with Gasteiger partial charge in [-0.2, -0.15) is 0 Å². The van der Waals surface area contributed by atoms with Crippen LogP contribution in [-0.4, -0.2) is 60.7 Å². The van der Waals surface area contributed by atoms with Crippen molar-refractivity contribution in [2.24, 2.45) is 11.8 Å². The Morgan fingerprint density at radius 3 is 2.69 bits per heavy atom. The Bertz CT molecular complexity index is 1220. The van der Waals surface area contributed by atoms with Crippen LogP contribution >= 0.6 is 0 Å². The standard InChI is InChI=1S/C30H38N6O3/c1-20(2)29(30(38)33-27-18-25(34-35-27)21-8-9-21)23-6-3-5-22(17-23)24-10-11-26(31-19-24)32-28(37)7-4-12-36-13-15-39-16-14-36/h3-7,10-11,17-21,27,29,34-35H,8-9,12-16H2,1-2H3,(H,33,38)(H,31,32,37)/b7-4+/t27?,29-/m0/s1. The van der Waals surface area contributed by atoms with Gasteiger partial charge >= 0.3 is 0 Å². The molecule has 2 aromatic rings. The number of hydrogen-bond acceptors (Lipinski definition) is 7. The molecule has 3 aliphatic rings. The minimum atomic E-state index is -0.291. The first-order valence-corrected chi connectivity index (χ1v) is 13.8. The first-order chi connectivity index (χ1) is 19.0. The number of benzene rings is 1. The number of morpholine rings is 1. The average molecular weight is 531 g/mol. The number of rotatable bonds is 10. The molecule has 2 aliphatic heterocycles. The van der Waals surface area contributed by atoms with Crippen molar-refractivity contribution >= 4 is 17.6 Å². The molecule has 0 radical (unpaired) electrons. The summed E-state index contributed by atoms with van der Waals surface area (Å²) < 4.78 is 5.34. The molecule has 1 saturated carbocycles. The predicted octanol–water partition coefficient (Wildman–Crippen LogP) is 3.16. The first-order valence-electron chi connectivity index (χ1n) is 13.8. The average Bonchev–Trinajstić information content (AvgIpc) is 3.68. The number of amides is 2. The van der Waals surface area contributed by atoms with Crippen molar-refractivity contribution in [3.8, 4) is 11.1 Å². The summed E-state index contributed by atoms with van der Waals surface area (Å²) in [5.41, 5.74) is 10.4. The zero-order chi connectivity index (χ0) is 27.2. The molecular formula is C30H38N6O3. The minimum absolute atomic E-state index is 0.00685. The second kappa shape index (κ2) is 12.5. The third-order valence-corrected chi connectivity index (χ3v) is 7.31. The van der Waals surface area contributed by atoms with E-state index in [0.29, 0.717) is 11.7 Å². The van der Waals surface area contributed by atoms with E-state index in [1.165, 1.54) is 18.5 Å². The topological polar surface area (TPSA) is 108 Å². The van der Waals surface area contributed by atoms with Crippen LogP contribution in [0.1, 0.15) is 38.2 Å². The summed E-state index contributed by atoms with van der Waals surface area (Å²) in [6.07, 6.45) is 9.44. The number of ether oxygens (including phenoxy) is 1. The maximum Gasteiger partial charge on any atom is 0.249 e. The second-order valence-corrected chi connectivity index (χ2v) is 10.7. The molecule has 1 aliphatic carbocycles.